The van der Waals surface area contributed by atoms with Crippen LogP contribution in [0.4, 0.5) is 5.95 Å². The van der Waals surface area contributed by atoms with E-state index in [0.717, 1.165) is 89.3 Å². The van der Waals surface area contributed by atoms with Gasteiger partial charge in [0.1, 0.15) is 0 Å². The minimum atomic E-state index is 0.0363. The third-order valence-electron chi connectivity index (χ3n) is 9.59. The molecule has 1 N–H and O–H groups in total. The fraction of sp³-hybridized carbons (Fsp3) is 0.625. The van der Waals surface area contributed by atoms with Crippen molar-refractivity contribution in [3.63, 3.8) is 0 Å². The first kappa shape index (κ1) is 28.1. The Morgan fingerprint density at radius 2 is 1.59 bits per heavy atom. The van der Waals surface area contributed by atoms with Gasteiger partial charge in [-0.3, -0.25) is 9.59 Å². The highest BCUT2D eigenvalue weighted by atomic mass is 16.5. The second-order valence-corrected chi connectivity index (χ2v) is 12.4. The SMILES string of the molecule is Cc1nc(N2CCOCC2)nc(C)c1C(=O)N1CC2CN(CC[C@H](NC(=O)C3CCCC3)c3ccccc3)CC2C1. The Bertz CT molecular complexity index is 1190. The Labute approximate surface area is 243 Å². The van der Waals surface area contributed by atoms with E-state index in [1.165, 1.54) is 5.56 Å². The normalized spacial score (nSPS) is 24.0. The summed E-state index contributed by atoms with van der Waals surface area (Å²) in [7, 11) is 0. The lowest BCUT2D eigenvalue weighted by molar-refractivity contribution is -0.125. The van der Waals surface area contributed by atoms with Crippen molar-refractivity contribution < 1.29 is 14.3 Å². The molecule has 3 atom stereocenters. The molecule has 1 aromatic heterocycles. The van der Waals surface area contributed by atoms with E-state index in [-0.39, 0.29) is 23.8 Å². The zero-order chi connectivity index (χ0) is 28.3. The maximum absolute atomic E-state index is 13.6. The van der Waals surface area contributed by atoms with Crippen LogP contribution in [0, 0.1) is 31.6 Å². The molecule has 6 rings (SSSR count). The molecule has 220 valence electrons. The zero-order valence-corrected chi connectivity index (χ0v) is 24.6. The van der Waals surface area contributed by atoms with Crippen LogP contribution in [0.2, 0.25) is 0 Å². The van der Waals surface area contributed by atoms with E-state index in [0.29, 0.717) is 36.6 Å². The summed E-state index contributed by atoms with van der Waals surface area (Å²) in [6.45, 7) is 11.3. The molecule has 1 aromatic carbocycles. The monoisotopic (exact) mass is 560 g/mol. The van der Waals surface area contributed by atoms with Gasteiger partial charge in [0.25, 0.3) is 5.91 Å². The molecule has 3 aliphatic heterocycles. The number of ether oxygens (including phenoxy) is 1. The van der Waals surface area contributed by atoms with Crippen LogP contribution in [0.15, 0.2) is 30.3 Å². The second-order valence-electron chi connectivity index (χ2n) is 12.4. The summed E-state index contributed by atoms with van der Waals surface area (Å²) in [6.07, 6.45) is 5.25. The second kappa shape index (κ2) is 12.4. The summed E-state index contributed by atoms with van der Waals surface area (Å²) in [5, 5.41) is 3.39. The van der Waals surface area contributed by atoms with Crippen molar-refractivity contribution in [1.82, 2.24) is 25.1 Å². The standard InChI is InChI=1S/C32H44N6O3/c1-22-29(23(2)34-32(33-22)37-14-16-41-17-15-37)31(40)38-20-26-18-36(19-27(26)21-38)13-12-28(24-8-4-3-5-9-24)35-30(39)25-10-6-7-11-25/h3-5,8-9,25-28H,6-7,10-21H2,1-2H3,(H,35,39)/t26?,27?,28-/m0/s1. The number of benzene rings is 1. The van der Waals surface area contributed by atoms with Crippen LogP contribution in [0.25, 0.3) is 0 Å². The maximum Gasteiger partial charge on any atom is 0.257 e. The van der Waals surface area contributed by atoms with Gasteiger partial charge >= 0.3 is 0 Å². The number of hydrogen-bond donors (Lipinski definition) is 1. The number of hydrogen-bond acceptors (Lipinski definition) is 7. The number of morpholine rings is 1. The summed E-state index contributed by atoms with van der Waals surface area (Å²) in [5.41, 5.74) is 3.36. The first-order chi connectivity index (χ1) is 20.0. The Balaban J connectivity index is 1.04. The molecule has 0 bridgehead atoms. The maximum atomic E-state index is 13.6. The summed E-state index contributed by atoms with van der Waals surface area (Å²) in [4.78, 5) is 42.7. The van der Waals surface area contributed by atoms with Crippen LogP contribution in [-0.2, 0) is 9.53 Å². The van der Waals surface area contributed by atoms with E-state index in [1.54, 1.807) is 0 Å². The number of aryl methyl sites for hydroxylation is 2. The molecule has 0 spiro atoms. The minimum Gasteiger partial charge on any atom is -0.378 e. The van der Waals surface area contributed by atoms with Crippen molar-refractivity contribution >= 4 is 17.8 Å². The van der Waals surface area contributed by atoms with Crippen molar-refractivity contribution in [1.29, 1.82) is 0 Å². The van der Waals surface area contributed by atoms with E-state index < -0.39 is 0 Å². The molecule has 9 nitrogen and oxygen atoms in total. The van der Waals surface area contributed by atoms with Crippen molar-refractivity contribution in [2.24, 2.45) is 17.8 Å². The van der Waals surface area contributed by atoms with Crippen molar-refractivity contribution in [2.45, 2.75) is 52.0 Å². The minimum absolute atomic E-state index is 0.0363. The van der Waals surface area contributed by atoms with Gasteiger partial charge in [0.15, 0.2) is 0 Å². The molecular weight excluding hydrogens is 516 g/mol. The molecule has 0 radical (unpaired) electrons. The van der Waals surface area contributed by atoms with Crippen LogP contribution in [0.5, 0.6) is 0 Å². The van der Waals surface area contributed by atoms with Gasteiger partial charge < -0.3 is 24.8 Å². The molecule has 3 saturated heterocycles. The molecule has 4 aliphatic rings. The molecule has 4 heterocycles. The van der Waals surface area contributed by atoms with Gasteiger partial charge in [-0.15, -0.1) is 0 Å². The van der Waals surface area contributed by atoms with Crippen molar-refractivity contribution in [3.8, 4) is 0 Å². The predicted octanol–water partition coefficient (Wildman–Crippen LogP) is 3.37. The van der Waals surface area contributed by atoms with Crippen LogP contribution in [0.1, 0.15) is 65.5 Å². The van der Waals surface area contributed by atoms with Crippen LogP contribution < -0.4 is 10.2 Å². The van der Waals surface area contributed by atoms with Crippen LogP contribution in [0.3, 0.4) is 0 Å². The van der Waals surface area contributed by atoms with Gasteiger partial charge in [-0.25, -0.2) is 9.97 Å². The molecule has 2 aromatic rings. The number of rotatable bonds is 8. The number of nitrogens with one attached hydrogen (secondary N) is 1. The van der Waals surface area contributed by atoms with Crippen LogP contribution >= 0.6 is 0 Å². The Kier molecular flexibility index (Phi) is 8.53. The lowest BCUT2D eigenvalue weighted by Crippen LogP contribution is -2.38. The van der Waals surface area contributed by atoms with Gasteiger partial charge in [0.05, 0.1) is 36.2 Å². The van der Waals surface area contributed by atoms with Crippen molar-refractivity contribution in [3.05, 3.63) is 52.8 Å². The van der Waals surface area contributed by atoms with E-state index in [9.17, 15) is 9.59 Å². The van der Waals surface area contributed by atoms with E-state index >= 15 is 0 Å². The first-order valence-electron chi connectivity index (χ1n) is 15.5. The average molecular weight is 561 g/mol. The van der Waals surface area contributed by atoms with Gasteiger partial charge in [0, 0.05) is 51.7 Å². The third kappa shape index (κ3) is 6.26. The first-order valence-corrected chi connectivity index (χ1v) is 15.5. The quantitative estimate of drug-likeness (QED) is 0.530. The van der Waals surface area contributed by atoms with Crippen LogP contribution in [-0.4, -0.2) is 90.6 Å². The number of carbonyl (C=O) groups excluding carboxylic acids is 2. The topological polar surface area (TPSA) is 90.9 Å². The lowest BCUT2D eigenvalue weighted by Gasteiger charge is -2.28. The summed E-state index contributed by atoms with van der Waals surface area (Å²) >= 11 is 0. The number of carbonyl (C=O) groups is 2. The van der Waals surface area contributed by atoms with Gasteiger partial charge in [0.2, 0.25) is 11.9 Å². The number of amides is 2. The van der Waals surface area contributed by atoms with Gasteiger partial charge in [-0.05, 0) is 50.5 Å². The summed E-state index contributed by atoms with van der Waals surface area (Å²) in [6, 6.07) is 10.4. The predicted molar refractivity (Wildman–Crippen MR) is 158 cm³/mol. The molecule has 2 unspecified atom stereocenters. The highest BCUT2D eigenvalue weighted by Gasteiger charge is 2.42. The molecule has 4 fully saturated rings. The van der Waals surface area contributed by atoms with E-state index in [1.807, 2.05) is 24.8 Å². The van der Waals surface area contributed by atoms with E-state index in [2.05, 4.69) is 39.4 Å². The molecule has 41 heavy (non-hydrogen) atoms. The fourth-order valence-electron chi connectivity index (χ4n) is 7.31. The summed E-state index contributed by atoms with van der Waals surface area (Å²) < 4.78 is 5.46. The zero-order valence-electron chi connectivity index (χ0n) is 24.6. The molecule has 1 saturated carbocycles. The highest BCUT2D eigenvalue weighted by Crippen LogP contribution is 2.33. The number of anilines is 1. The molecule has 9 heteroatoms. The van der Waals surface area contributed by atoms with E-state index in [4.69, 9.17) is 14.7 Å². The molecule has 1 aliphatic carbocycles. The lowest BCUT2D eigenvalue weighted by atomic mass is 10.0. The molecular formula is C32H44N6O3. The third-order valence-corrected chi connectivity index (χ3v) is 9.59. The highest BCUT2D eigenvalue weighted by molar-refractivity contribution is 5.96. The smallest absolute Gasteiger partial charge is 0.257 e. The summed E-state index contributed by atoms with van der Waals surface area (Å²) in [5.74, 6) is 2.11. The Morgan fingerprint density at radius 3 is 2.22 bits per heavy atom. The number of aromatic nitrogens is 2. The van der Waals surface area contributed by atoms with Gasteiger partial charge in [-0.2, -0.15) is 0 Å². The Hall–Kier alpha value is -3.04. The fourth-order valence-corrected chi connectivity index (χ4v) is 7.31. The largest absolute Gasteiger partial charge is 0.378 e. The molecule has 2 amide bonds. The van der Waals surface area contributed by atoms with Crippen molar-refractivity contribution in [2.75, 3.05) is 63.9 Å². The Morgan fingerprint density at radius 1 is 0.951 bits per heavy atom. The average Bonchev–Trinajstić information content (AvgIpc) is 3.73. The number of nitrogens with zero attached hydrogens (tertiary/aromatic N) is 5. The number of likely N-dealkylation sites (tertiary alicyclic amines) is 2. The number of fused-ring (bicyclic) bond motifs is 1. The van der Waals surface area contributed by atoms with Gasteiger partial charge in [-0.1, -0.05) is 43.2 Å².